The fourth-order valence-electron chi connectivity index (χ4n) is 2.17. The van der Waals surface area contributed by atoms with E-state index in [-0.39, 0.29) is 11.7 Å². The van der Waals surface area contributed by atoms with Gasteiger partial charge in [0.25, 0.3) is 0 Å². The zero-order valence-corrected chi connectivity index (χ0v) is 11.3. The molecule has 0 aromatic heterocycles. The lowest BCUT2D eigenvalue weighted by atomic mass is 9.98. The Bertz CT molecular complexity index is 470. The minimum Gasteiger partial charge on any atom is -0.312 e. The van der Waals surface area contributed by atoms with Gasteiger partial charge in [-0.3, -0.25) is 9.59 Å². The number of benzene rings is 1. The summed E-state index contributed by atoms with van der Waals surface area (Å²) in [5, 5.41) is 0.336. The number of nitrogens with zero attached hydrogens (tertiary/aromatic N) is 1. The first-order chi connectivity index (χ1) is 8.13. The number of ketones is 1. The number of rotatable bonds is 2. The van der Waals surface area contributed by atoms with Crippen LogP contribution in [0.1, 0.15) is 29.3 Å². The summed E-state index contributed by atoms with van der Waals surface area (Å²) in [6.45, 7) is 2.35. The van der Waals surface area contributed by atoms with Crippen molar-refractivity contribution in [2.24, 2.45) is 0 Å². The maximum absolute atomic E-state index is 11.6. The van der Waals surface area contributed by atoms with Crippen molar-refractivity contribution in [3.05, 3.63) is 29.3 Å². The second-order valence-corrected chi connectivity index (χ2v) is 4.74. The largest absolute Gasteiger partial charge is 0.312 e. The van der Waals surface area contributed by atoms with Crippen LogP contribution in [0, 0.1) is 0 Å². The second kappa shape index (κ2) is 5.00. The predicted molar refractivity (Wildman–Crippen MR) is 70.9 cm³/mol. The Morgan fingerprint density at radius 1 is 1.41 bits per heavy atom. The molecule has 4 heteroatoms. The molecule has 0 atom stereocenters. The first-order valence-corrected chi connectivity index (χ1v) is 6.76. The highest BCUT2D eigenvalue weighted by molar-refractivity contribution is 9.09. The Morgan fingerprint density at radius 2 is 2.18 bits per heavy atom. The van der Waals surface area contributed by atoms with Crippen molar-refractivity contribution in [1.82, 2.24) is 0 Å². The molecule has 1 aromatic carbocycles. The van der Waals surface area contributed by atoms with Gasteiger partial charge in [0.1, 0.15) is 0 Å². The molecule has 17 heavy (non-hydrogen) atoms. The Kier molecular flexibility index (Phi) is 3.62. The average Bonchev–Trinajstić information content (AvgIpc) is 2.36. The van der Waals surface area contributed by atoms with Crippen LogP contribution in [0.4, 0.5) is 5.69 Å². The molecule has 1 aliphatic heterocycles. The number of hydrogen-bond acceptors (Lipinski definition) is 2. The molecule has 0 unspecified atom stereocenters. The number of Topliss-reactive ketones (excluding diaryl/α,β-unsaturated/α-hetero) is 1. The van der Waals surface area contributed by atoms with Crippen molar-refractivity contribution in [3.8, 4) is 0 Å². The molecule has 0 radical (unpaired) electrons. The fourth-order valence-corrected chi connectivity index (χ4v) is 2.50. The Morgan fingerprint density at radius 3 is 2.82 bits per heavy atom. The van der Waals surface area contributed by atoms with E-state index in [4.69, 9.17) is 0 Å². The van der Waals surface area contributed by atoms with E-state index in [1.807, 2.05) is 12.1 Å². The quantitative estimate of drug-likeness (QED) is 0.621. The van der Waals surface area contributed by atoms with E-state index in [0.29, 0.717) is 10.9 Å². The highest BCUT2D eigenvalue weighted by Gasteiger charge is 2.20. The van der Waals surface area contributed by atoms with Gasteiger partial charge in [-0.2, -0.15) is 0 Å². The van der Waals surface area contributed by atoms with Crippen LogP contribution in [-0.4, -0.2) is 23.6 Å². The summed E-state index contributed by atoms with van der Waals surface area (Å²) in [4.78, 5) is 24.9. The highest BCUT2D eigenvalue weighted by atomic mass is 79.9. The first-order valence-electron chi connectivity index (χ1n) is 5.63. The molecule has 2 rings (SSSR count). The molecule has 1 amide bonds. The summed E-state index contributed by atoms with van der Waals surface area (Å²) < 4.78 is 0. The number of carbonyl (C=O) groups excluding carboxylic acids is 2. The second-order valence-electron chi connectivity index (χ2n) is 4.17. The van der Waals surface area contributed by atoms with E-state index in [9.17, 15) is 9.59 Å². The monoisotopic (exact) mass is 295 g/mol. The number of aryl methyl sites for hydroxylation is 1. The normalized spacial score (nSPS) is 14.4. The molecule has 0 aliphatic carbocycles. The Balaban J connectivity index is 2.39. The average molecular weight is 296 g/mol. The van der Waals surface area contributed by atoms with Crippen LogP contribution in [-0.2, 0) is 11.2 Å². The van der Waals surface area contributed by atoms with Crippen molar-refractivity contribution in [3.63, 3.8) is 0 Å². The number of hydrogen-bond donors (Lipinski definition) is 0. The van der Waals surface area contributed by atoms with Gasteiger partial charge >= 0.3 is 0 Å². The van der Waals surface area contributed by atoms with Crippen LogP contribution in [0.15, 0.2) is 18.2 Å². The minimum absolute atomic E-state index is 0.0607. The van der Waals surface area contributed by atoms with Crippen LogP contribution in [0.2, 0.25) is 0 Å². The van der Waals surface area contributed by atoms with Gasteiger partial charge in [-0.15, -0.1) is 0 Å². The molecule has 0 bridgehead atoms. The smallest absolute Gasteiger partial charge is 0.223 e. The summed E-state index contributed by atoms with van der Waals surface area (Å²) in [5.74, 6) is 0.137. The third kappa shape index (κ3) is 2.41. The lowest BCUT2D eigenvalue weighted by Crippen LogP contribution is -2.33. The number of halogens is 1. The van der Waals surface area contributed by atoms with Crippen molar-refractivity contribution in [2.75, 3.05) is 16.8 Å². The fraction of sp³-hybridized carbons (Fsp3) is 0.385. The van der Waals surface area contributed by atoms with Crippen molar-refractivity contribution in [2.45, 2.75) is 19.8 Å². The highest BCUT2D eigenvalue weighted by Crippen LogP contribution is 2.28. The predicted octanol–water partition coefficient (Wildman–Crippen LogP) is 2.56. The minimum atomic E-state index is 0.0607. The molecule has 1 aliphatic rings. The summed E-state index contributed by atoms with van der Waals surface area (Å²) in [6, 6.07) is 5.59. The molecule has 0 fully saturated rings. The summed E-state index contributed by atoms with van der Waals surface area (Å²) in [5.41, 5.74) is 2.76. The topological polar surface area (TPSA) is 37.4 Å². The zero-order chi connectivity index (χ0) is 12.4. The van der Waals surface area contributed by atoms with E-state index >= 15 is 0 Å². The lowest BCUT2D eigenvalue weighted by Gasteiger charge is -2.28. The summed E-state index contributed by atoms with van der Waals surface area (Å²) in [6.07, 6.45) is 1.89. The molecule has 1 heterocycles. The van der Waals surface area contributed by atoms with E-state index in [1.54, 1.807) is 17.9 Å². The first kappa shape index (κ1) is 12.3. The van der Waals surface area contributed by atoms with Gasteiger partial charge in [0, 0.05) is 24.7 Å². The molecule has 1 aromatic rings. The van der Waals surface area contributed by atoms with Gasteiger partial charge in [-0.1, -0.05) is 15.9 Å². The van der Waals surface area contributed by atoms with Gasteiger partial charge in [0.05, 0.1) is 5.33 Å². The number of fused-ring (bicyclic) bond motifs is 1. The molecular formula is C13H14BrNO2. The SMILES string of the molecule is CC(=O)N1CCCc2cc(C(=O)CBr)ccc21. The van der Waals surface area contributed by atoms with Crippen molar-refractivity contribution < 1.29 is 9.59 Å². The lowest BCUT2D eigenvalue weighted by molar-refractivity contribution is -0.116. The molecule has 90 valence electrons. The van der Waals surface area contributed by atoms with Gasteiger partial charge < -0.3 is 4.90 Å². The molecule has 0 N–H and O–H groups in total. The van der Waals surface area contributed by atoms with Gasteiger partial charge in [0.15, 0.2) is 5.78 Å². The van der Waals surface area contributed by atoms with Crippen LogP contribution in [0.3, 0.4) is 0 Å². The molecule has 0 spiro atoms. The molecule has 3 nitrogen and oxygen atoms in total. The third-order valence-electron chi connectivity index (χ3n) is 3.02. The van der Waals surface area contributed by atoms with Gasteiger partial charge in [0.2, 0.25) is 5.91 Å². The number of alkyl halides is 1. The zero-order valence-electron chi connectivity index (χ0n) is 9.70. The number of carbonyl (C=O) groups is 2. The van der Waals surface area contributed by atoms with Gasteiger partial charge in [-0.05, 0) is 36.6 Å². The van der Waals surface area contributed by atoms with E-state index in [0.717, 1.165) is 30.6 Å². The van der Waals surface area contributed by atoms with Crippen molar-refractivity contribution >= 4 is 33.3 Å². The number of amides is 1. The standard InChI is InChI=1S/C13H14BrNO2/c1-9(16)15-6-2-3-10-7-11(13(17)8-14)4-5-12(10)15/h4-5,7H,2-3,6,8H2,1H3. The molecular weight excluding hydrogens is 282 g/mol. The van der Waals surface area contributed by atoms with Crippen LogP contribution < -0.4 is 4.90 Å². The molecule has 0 saturated heterocycles. The van der Waals surface area contributed by atoms with Gasteiger partial charge in [-0.25, -0.2) is 0 Å². The summed E-state index contributed by atoms with van der Waals surface area (Å²) in [7, 11) is 0. The molecule has 0 saturated carbocycles. The summed E-state index contributed by atoms with van der Waals surface area (Å²) >= 11 is 3.17. The number of anilines is 1. The maximum atomic E-state index is 11.6. The van der Waals surface area contributed by atoms with Crippen LogP contribution in [0.5, 0.6) is 0 Å². The van der Waals surface area contributed by atoms with Crippen LogP contribution in [0.25, 0.3) is 0 Å². The third-order valence-corrected chi connectivity index (χ3v) is 3.53. The Hall–Kier alpha value is -1.16. The van der Waals surface area contributed by atoms with Crippen molar-refractivity contribution in [1.29, 1.82) is 0 Å². The van der Waals surface area contributed by atoms with E-state index in [2.05, 4.69) is 15.9 Å². The van der Waals surface area contributed by atoms with E-state index < -0.39 is 0 Å². The van der Waals surface area contributed by atoms with Crippen LogP contribution >= 0.6 is 15.9 Å². The van der Waals surface area contributed by atoms with E-state index in [1.165, 1.54) is 0 Å². The Labute approximate surface area is 109 Å². The maximum Gasteiger partial charge on any atom is 0.223 e.